The first-order valence-electron chi connectivity index (χ1n) is 7.67. The average molecular weight is 296 g/mol. The Morgan fingerprint density at radius 3 is 2.85 bits per heavy atom. The van der Waals surface area contributed by atoms with E-state index in [1.807, 2.05) is 0 Å². The predicted molar refractivity (Wildman–Crippen MR) is 87.6 cm³/mol. The highest BCUT2D eigenvalue weighted by Gasteiger charge is 2.28. The van der Waals surface area contributed by atoms with Gasteiger partial charge in [-0.3, -0.25) is 0 Å². The predicted octanol–water partition coefficient (Wildman–Crippen LogP) is 2.65. The van der Waals surface area contributed by atoms with Crippen LogP contribution < -0.4 is 10.6 Å². The van der Waals surface area contributed by atoms with Crippen molar-refractivity contribution in [1.82, 2.24) is 9.88 Å². The van der Waals surface area contributed by atoms with Crippen LogP contribution in [-0.4, -0.2) is 43.1 Å². The van der Waals surface area contributed by atoms with Crippen LogP contribution in [0.3, 0.4) is 0 Å². The number of hydrogen-bond donors (Lipinski definition) is 1. The van der Waals surface area contributed by atoms with Gasteiger partial charge >= 0.3 is 0 Å². The van der Waals surface area contributed by atoms with Crippen LogP contribution in [0.2, 0.25) is 0 Å². The third-order valence-corrected chi connectivity index (χ3v) is 5.31. The summed E-state index contributed by atoms with van der Waals surface area (Å²) in [5, 5.41) is 1.19. The summed E-state index contributed by atoms with van der Waals surface area (Å²) < 4.78 is 0. The normalized spacial score (nSPS) is 20.9. The molecule has 2 rings (SSSR count). The first-order chi connectivity index (χ1) is 9.56. The molecule has 1 saturated heterocycles. The average Bonchev–Trinajstić information content (AvgIpc) is 3.02. The Bertz CT molecular complexity index is 430. The number of hydrogen-bond acceptors (Lipinski definition) is 5. The zero-order valence-electron chi connectivity index (χ0n) is 13.2. The van der Waals surface area contributed by atoms with Crippen LogP contribution in [0.4, 0.5) is 5.13 Å². The van der Waals surface area contributed by atoms with E-state index < -0.39 is 0 Å². The molecular formula is C15H28N4S. The molecule has 114 valence electrons. The molecule has 1 fully saturated rings. The highest BCUT2D eigenvalue weighted by atomic mass is 32.1. The molecular weight excluding hydrogens is 268 g/mol. The van der Waals surface area contributed by atoms with E-state index in [0.29, 0.717) is 18.5 Å². The molecule has 0 saturated carbocycles. The number of nitrogens with zero attached hydrogens (tertiary/aromatic N) is 3. The summed E-state index contributed by atoms with van der Waals surface area (Å²) in [5.74, 6) is 0.508. The van der Waals surface area contributed by atoms with Crippen molar-refractivity contribution in [3.63, 3.8) is 0 Å². The standard InChI is InChI=1S/C15H28N4S/c1-5-11(2)14-13(9-16)20-15(17-14)19-8-6-7-12(19)10-18(3)4/h11-12H,5-10,16H2,1-4H3. The Labute approximate surface area is 127 Å². The molecule has 0 bridgehead atoms. The van der Waals surface area contributed by atoms with Gasteiger partial charge in [0, 0.05) is 30.6 Å². The van der Waals surface area contributed by atoms with E-state index >= 15 is 0 Å². The van der Waals surface area contributed by atoms with Gasteiger partial charge in [0.15, 0.2) is 5.13 Å². The number of rotatable bonds is 6. The maximum absolute atomic E-state index is 5.91. The summed E-state index contributed by atoms with van der Waals surface area (Å²) in [7, 11) is 4.29. The topological polar surface area (TPSA) is 45.4 Å². The minimum atomic E-state index is 0.508. The molecule has 5 heteroatoms. The number of likely N-dealkylation sites (N-methyl/N-ethyl adjacent to an activating group) is 1. The zero-order chi connectivity index (χ0) is 14.7. The van der Waals surface area contributed by atoms with Crippen molar-refractivity contribution in [2.24, 2.45) is 5.73 Å². The second-order valence-corrected chi connectivity index (χ2v) is 7.13. The van der Waals surface area contributed by atoms with Gasteiger partial charge in [-0.25, -0.2) is 4.98 Å². The lowest BCUT2D eigenvalue weighted by molar-refractivity contribution is 0.372. The number of aromatic nitrogens is 1. The summed E-state index contributed by atoms with van der Waals surface area (Å²) in [5.41, 5.74) is 7.14. The first-order valence-corrected chi connectivity index (χ1v) is 8.49. The molecule has 0 amide bonds. The van der Waals surface area contributed by atoms with Crippen molar-refractivity contribution in [3.8, 4) is 0 Å². The van der Waals surface area contributed by atoms with Gasteiger partial charge in [-0.15, -0.1) is 11.3 Å². The third-order valence-electron chi connectivity index (χ3n) is 4.18. The smallest absolute Gasteiger partial charge is 0.186 e. The van der Waals surface area contributed by atoms with Crippen LogP contribution in [0.15, 0.2) is 0 Å². The number of thiazole rings is 1. The molecule has 0 aliphatic carbocycles. The Hall–Kier alpha value is -0.650. The zero-order valence-corrected chi connectivity index (χ0v) is 14.0. The lowest BCUT2D eigenvalue weighted by atomic mass is 10.0. The Balaban J connectivity index is 2.21. The fourth-order valence-corrected chi connectivity index (χ4v) is 4.05. The molecule has 0 aromatic carbocycles. The Morgan fingerprint density at radius 2 is 2.25 bits per heavy atom. The molecule has 2 unspecified atom stereocenters. The van der Waals surface area contributed by atoms with Crippen LogP contribution in [0.1, 0.15) is 49.6 Å². The summed E-state index contributed by atoms with van der Waals surface area (Å²) >= 11 is 1.80. The summed E-state index contributed by atoms with van der Waals surface area (Å²) in [6.07, 6.45) is 3.67. The van der Waals surface area contributed by atoms with Gasteiger partial charge < -0.3 is 15.5 Å². The molecule has 1 aromatic heterocycles. The van der Waals surface area contributed by atoms with E-state index in [2.05, 4.69) is 37.7 Å². The Morgan fingerprint density at radius 1 is 1.50 bits per heavy atom. The molecule has 1 aliphatic heterocycles. The van der Waals surface area contributed by atoms with Crippen molar-refractivity contribution in [3.05, 3.63) is 10.6 Å². The lowest BCUT2D eigenvalue weighted by Gasteiger charge is -2.26. The highest BCUT2D eigenvalue weighted by Crippen LogP contribution is 2.35. The number of nitrogens with two attached hydrogens (primary N) is 1. The quantitative estimate of drug-likeness (QED) is 0.876. The van der Waals surface area contributed by atoms with E-state index in [1.165, 1.54) is 28.5 Å². The van der Waals surface area contributed by atoms with E-state index in [4.69, 9.17) is 10.7 Å². The summed E-state index contributed by atoms with van der Waals surface area (Å²) in [4.78, 5) is 11.0. The van der Waals surface area contributed by atoms with Crippen molar-refractivity contribution >= 4 is 16.5 Å². The van der Waals surface area contributed by atoms with Crippen LogP contribution in [-0.2, 0) is 6.54 Å². The number of anilines is 1. The van der Waals surface area contributed by atoms with Gasteiger partial charge in [0.1, 0.15) is 0 Å². The fourth-order valence-electron chi connectivity index (χ4n) is 2.90. The maximum Gasteiger partial charge on any atom is 0.186 e. The van der Waals surface area contributed by atoms with Crippen molar-refractivity contribution < 1.29 is 0 Å². The van der Waals surface area contributed by atoms with Crippen LogP contribution in [0.5, 0.6) is 0 Å². The van der Waals surface area contributed by atoms with Gasteiger partial charge in [0.05, 0.1) is 5.69 Å². The van der Waals surface area contributed by atoms with Crippen LogP contribution in [0, 0.1) is 0 Å². The summed E-state index contributed by atoms with van der Waals surface area (Å²) in [6.45, 7) is 7.32. The van der Waals surface area contributed by atoms with Gasteiger partial charge in [-0.2, -0.15) is 0 Å². The van der Waals surface area contributed by atoms with Crippen LogP contribution in [0.25, 0.3) is 0 Å². The van der Waals surface area contributed by atoms with E-state index in [0.717, 1.165) is 19.5 Å². The van der Waals surface area contributed by atoms with Crippen molar-refractivity contribution in [2.45, 2.75) is 51.6 Å². The third kappa shape index (κ3) is 3.32. The van der Waals surface area contributed by atoms with E-state index in [9.17, 15) is 0 Å². The van der Waals surface area contributed by atoms with E-state index in [-0.39, 0.29) is 0 Å². The Kier molecular flexibility index (Phi) is 5.41. The lowest BCUT2D eigenvalue weighted by Crippen LogP contribution is -2.37. The van der Waals surface area contributed by atoms with Gasteiger partial charge in [0.2, 0.25) is 0 Å². The van der Waals surface area contributed by atoms with Crippen molar-refractivity contribution in [2.75, 3.05) is 32.1 Å². The fraction of sp³-hybridized carbons (Fsp3) is 0.800. The van der Waals surface area contributed by atoms with Crippen molar-refractivity contribution in [1.29, 1.82) is 0 Å². The molecule has 2 N–H and O–H groups in total. The van der Waals surface area contributed by atoms with E-state index in [1.54, 1.807) is 11.3 Å². The molecule has 4 nitrogen and oxygen atoms in total. The monoisotopic (exact) mass is 296 g/mol. The largest absolute Gasteiger partial charge is 0.344 e. The maximum atomic E-state index is 5.91. The molecule has 2 atom stereocenters. The molecule has 20 heavy (non-hydrogen) atoms. The van der Waals surface area contributed by atoms with Gasteiger partial charge in [-0.05, 0) is 39.3 Å². The second kappa shape index (κ2) is 6.87. The molecule has 0 radical (unpaired) electrons. The summed E-state index contributed by atoms with van der Waals surface area (Å²) in [6, 6.07) is 0.603. The molecule has 1 aromatic rings. The van der Waals surface area contributed by atoms with Gasteiger partial charge in [0.25, 0.3) is 0 Å². The highest BCUT2D eigenvalue weighted by molar-refractivity contribution is 7.15. The van der Waals surface area contributed by atoms with Gasteiger partial charge in [-0.1, -0.05) is 13.8 Å². The first kappa shape index (κ1) is 15.7. The molecule has 2 heterocycles. The minimum Gasteiger partial charge on any atom is -0.344 e. The molecule has 0 spiro atoms. The molecule has 1 aliphatic rings. The minimum absolute atomic E-state index is 0.508. The second-order valence-electron chi connectivity index (χ2n) is 6.07. The van der Waals surface area contributed by atoms with Crippen LogP contribution >= 0.6 is 11.3 Å². The SMILES string of the molecule is CCC(C)c1nc(N2CCCC2CN(C)C)sc1CN.